The number of ether oxygens (including phenoxy) is 4. The molecule has 5 heterocycles. The van der Waals surface area contributed by atoms with E-state index in [1.807, 2.05) is 45.7 Å². The van der Waals surface area contributed by atoms with Crippen molar-refractivity contribution < 1.29 is 33.3 Å². The molecular formula is C43H53N7O7. The highest BCUT2D eigenvalue weighted by Crippen LogP contribution is 2.46. The zero-order chi connectivity index (χ0) is 40.2. The van der Waals surface area contributed by atoms with Crippen LogP contribution in [0.25, 0.3) is 33.6 Å². The number of benzene rings is 2. The summed E-state index contributed by atoms with van der Waals surface area (Å²) in [6.07, 6.45) is 4.87. The minimum atomic E-state index is -0.691. The molecule has 0 spiro atoms. The quantitative estimate of drug-likeness (QED) is 0.169. The Morgan fingerprint density at radius 1 is 0.982 bits per heavy atom. The molecule has 0 radical (unpaired) electrons. The van der Waals surface area contributed by atoms with E-state index in [0.29, 0.717) is 26.3 Å². The molecule has 4 aliphatic rings. The summed E-state index contributed by atoms with van der Waals surface area (Å²) in [5.74, 6) is 2.27. The van der Waals surface area contributed by atoms with Crippen LogP contribution in [0.15, 0.2) is 36.5 Å². The molecule has 2 aromatic carbocycles. The van der Waals surface area contributed by atoms with Crippen LogP contribution in [-0.2, 0) is 38.5 Å². The number of hydrogen-bond acceptors (Lipinski definition) is 9. The summed E-state index contributed by atoms with van der Waals surface area (Å²) in [5, 5.41) is 2.71. The maximum atomic E-state index is 13.6. The number of methoxy groups -OCH3 is 2. The van der Waals surface area contributed by atoms with Crippen LogP contribution in [0.1, 0.15) is 94.4 Å². The smallest absolute Gasteiger partial charge is 0.410 e. The van der Waals surface area contributed by atoms with Crippen molar-refractivity contribution >= 4 is 18.1 Å². The minimum absolute atomic E-state index is 0.107. The van der Waals surface area contributed by atoms with Gasteiger partial charge in [0.2, 0.25) is 5.91 Å². The van der Waals surface area contributed by atoms with E-state index >= 15 is 0 Å². The molecule has 1 aliphatic carbocycles. The fourth-order valence-corrected chi connectivity index (χ4v) is 8.84. The second-order valence-corrected chi connectivity index (χ2v) is 17.0. The van der Waals surface area contributed by atoms with Gasteiger partial charge >= 0.3 is 12.2 Å². The Morgan fingerprint density at radius 3 is 2.56 bits per heavy atom. The van der Waals surface area contributed by atoms with Crippen LogP contribution in [0.4, 0.5) is 9.59 Å². The standard InChI is InChI=1S/C43H53N7O7/c1-23(2)36(48-41(52)55-7)40(51)49-14-8-9-33(49)38-44-19-32(46-38)26-10-12-28-27(16-26)22-56-35-18-29-25(17-30(28)35)11-13-31-37(29)47-39(45-31)34-15-24(21-54-6)20-50(34)42(53)57-43(3,4)5/h10,12,16-19,23-24,33-34,36H,8-9,11,13-15,20-22H2,1-7H3,(H,44,46)(H,45,47)(H,48,52)/t24-,33-,34-,36-/m0/s1. The number of fused-ring (bicyclic) bond motifs is 6. The summed E-state index contributed by atoms with van der Waals surface area (Å²) >= 11 is 0. The largest absolute Gasteiger partial charge is 0.488 e. The Kier molecular flexibility index (Phi) is 10.3. The number of alkyl carbamates (subject to hydrolysis) is 1. The predicted octanol–water partition coefficient (Wildman–Crippen LogP) is 7.11. The highest BCUT2D eigenvalue weighted by molar-refractivity contribution is 5.87. The molecule has 2 fully saturated rings. The van der Waals surface area contributed by atoms with Gasteiger partial charge < -0.3 is 39.1 Å². The zero-order valence-corrected chi connectivity index (χ0v) is 33.9. The average molecular weight is 780 g/mol. The van der Waals surface area contributed by atoms with Gasteiger partial charge in [-0.2, -0.15) is 0 Å². The second-order valence-electron chi connectivity index (χ2n) is 17.0. The second kappa shape index (κ2) is 15.2. The third-order valence-electron chi connectivity index (χ3n) is 11.6. The highest BCUT2D eigenvalue weighted by atomic mass is 16.6. The van der Waals surface area contributed by atoms with E-state index in [1.165, 1.54) is 12.7 Å². The number of imidazole rings is 2. The number of aromatic amines is 2. The molecule has 4 atom stereocenters. The van der Waals surface area contributed by atoms with Crippen molar-refractivity contribution in [3.8, 4) is 39.4 Å². The summed E-state index contributed by atoms with van der Waals surface area (Å²) in [4.78, 5) is 59.5. The van der Waals surface area contributed by atoms with Crippen LogP contribution < -0.4 is 10.1 Å². The summed E-state index contributed by atoms with van der Waals surface area (Å²) in [5.41, 5.74) is 8.79. The molecule has 14 nitrogen and oxygen atoms in total. The van der Waals surface area contributed by atoms with E-state index in [9.17, 15) is 14.4 Å². The summed E-state index contributed by atoms with van der Waals surface area (Å²) in [6, 6.07) is 9.65. The molecule has 3 amide bonds. The molecule has 4 aromatic rings. The van der Waals surface area contributed by atoms with E-state index in [4.69, 9.17) is 28.9 Å². The number of aromatic nitrogens is 4. The number of H-pyrrole nitrogens is 2. The van der Waals surface area contributed by atoms with Crippen LogP contribution in [0, 0.1) is 11.8 Å². The molecule has 14 heteroatoms. The topological polar surface area (TPSA) is 164 Å². The van der Waals surface area contributed by atoms with Gasteiger partial charge in [-0.3, -0.25) is 9.69 Å². The maximum absolute atomic E-state index is 13.6. The molecule has 3 N–H and O–H groups in total. The molecule has 0 saturated carbocycles. The van der Waals surface area contributed by atoms with E-state index in [0.717, 1.165) is 94.4 Å². The maximum Gasteiger partial charge on any atom is 0.410 e. The number of aryl methyl sites for hydroxylation is 2. The Morgan fingerprint density at radius 2 is 1.81 bits per heavy atom. The Bertz CT molecular complexity index is 2190. The fraction of sp³-hybridized carbons (Fsp3) is 0.512. The summed E-state index contributed by atoms with van der Waals surface area (Å²) < 4.78 is 22.5. The van der Waals surface area contributed by atoms with E-state index < -0.39 is 17.7 Å². The Labute approximate surface area is 333 Å². The number of hydrogen-bond donors (Lipinski definition) is 3. The molecule has 0 bridgehead atoms. The molecule has 302 valence electrons. The highest BCUT2D eigenvalue weighted by Gasteiger charge is 2.41. The van der Waals surface area contributed by atoms with Crippen LogP contribution in [-0.4, -0.2) is 93.4 Å². The third-order valence-corrected chi connectivity index (χ3v) is 11.6. The first-order valence-electron chi connectivity index (χ1n) is 20.0. The lowest BCUT2D eigenvalue weighted by atomic mass is 9.86. The Balaban J connectivity index is 1.02. The van der Waals surface area contributed by atoms with Crippen molar-refractivity contribution in [1.29, 1.82) is 0 Å². The van der Waals surface area contributed by atoms with E-state index in [1.54, 1.807) is 12.0 Å². The Hall–Kier alpha value is -5.37. The van der Waals surface area contributed by atoms with E-state index in [-0.39, 0.29) is 35.9 Å². The lowest BCUT2D eigenvalue weighted by Gasteiger charge is -2.30. The number of amides is 3. The lowest BCUT2D eigenvalue weighted by Crippen LogP contribution is -2.51. The van der Waals surface area contributed by atoms with E-state index in [2.05, 4.69) is 45.6 Å². The zero-order valence-electron chi connectivity index (χ0n) is 33.9. The van der Waals surface area contributed by atoms with Crippen LogP contribution in [0.3, 0.4) is 0 Å². The van der Waals surface area contributed by atoms with Crippen molar-refractivity contribution in [3.63, 3.8) is 0 Å². The van der Waals surface area contributed by atoms with Gasteiger partial charge in [0.05, 0.1) is 49.1 Å². The van der Waals surface area contributed by atoms with Gasteiger partial charge in [-0.05, 0) is 99.2 Å². The first-order chi connectivity index (χ1) is 27.3. The molecule has 57 heavy (non-hydrogen) atoms. The normalized spacial score (nSPS) is 20.3. The van der Waals surface area contributed by atoms with Gasteiger partial charge in [-0.1, -0.05) is 26.0 Å². The minimum Gasteiger partial charge on any atom is -0.488 e. The van der Waals surface area contributed by atoms with Gasteiger partial charge in [0, 0.05) is 37.2 Å². The van der Waals surface area contributed by atoms with Crippen molar-refractivity contribution in [3.05, 3.63) is 65.0 Å². The molecule has 2 aromatic heterocycles. The van der Waals surface area contributed by atoms with Crippen LogP contribution in [0.5, 0.6) is 5.75 Å². The first-order valence-corrected chi connectivity index (χ1v) is 20.0. The molecule has 3 aliphatic heterocycles. The number of carbonyl (C=O) groups excluding carboxylic acids is 3. The van der Waals surface area contributed by atoms with Gasteiger partial charge in [-0.15, -0.1) is 0 Å². The van der Waals surface area contributed by atoms with Crippen molar-refractivity contribution in [2.75, 3.05) is 33.9 Å². The average Bonchev–Trinajstić information content (AvgIpc) is 4.01. The number of rotatable bonds is 8. The fourth-order valence-electron chi connectivity index (χ4n) is 8.84. The van der Waals surface area contributed by atoms with Gasteiger partial charge in [0.15, 0.2) is 0 Å². The van der Waals surface area contributed by atoms with Gasteiger partial charge in [-0.25, -0.2) is 19.6 Å². The number of likely N-dealkylation sites (tertiary alicyclic amines) is 2. The SMILES string of the molecule is COC[C@H]1C[C@@H](c2nc3c([nH]2)-c2cc4c(cc2CC3)-c2ccc(-c3cnc([C@@H]5CCCN5C(=O)[C@@H](NC(=O)OC)C(C)C)[nH]3)cc2CO4)N(C(=O)OC(C)(C)C)C1. The summed E-state index contributed by atoms with van der Waals surface area (Å²) in [7, 11) is 2.99. The van der Waals surface area contributed by atoms with Crippen LogP contribution >= 0.6 is 0 Å². The number of nitrogens with zero attached hydrogens (tertiary/aromatic N) is 4. The molecular weight excluding hydrogens is 727 g/mol. The van der Waals surface area contributed by atoms with Crippen LogP contribution in [0.2, 0.25) is 0 Å². The lowest BCUT2D eigenvalue weighted by molar-refractivity contribution is -0.135. The number of nitrogens with one attached hydrogen (secondary N) is 3. The van der Waals surface area contributed by atoms with Gasteiger partial charge in [0.1, 0.15) is 35.6 Å². The summed E-state index contributed by atoms with van der Waals surface area (Å²) in [6.45, 7) is 11.6. The first kappa shape index (κ1) is 38.5. The number of carbonyl (C=O) groups is 3. The third kappa shape index (κ3) is 7.47. The molecule has 0 unspecified atom stereocenters. The predicted molar refractivity (Wildman–Crippen MR) is 212 cm³/mol. The molecule has 8 rings (SSSR count). The van der Waals surface area contributed by atoms with Crippen molar-refractivity contribution in [1.82, 2.24) is 35.1 Å². The monoisotopic (exact) mass is 779 g/mol. The van der Waals surface area contributed by atoms with Crippen molar-refractivity contribution in [2.45, 2.75) is 97.1 Å². The van der Waals surface area contributed by atoms with Gasteiger partial charge in [0.25, 0.3) is 0 Å². The van der Waals surface area contributed by atoms with Crippen molar-refractivity contribution in [2.24, 2.45) is 11.8 Å². The molecule has 2 saturated heterocycles.